The fourth-order valence-electron chi connectivity index (χ4n) is 3.55. The van der Waals surface area contributed by atoms with Gasteiger partial charge in [-0.15, -0.1) is 0 Å². The van der Waals surface area contributed by atoms with Crippen LogP contribution < -0.4 is 5.73 Å². The van der Waals surface area contributed by atoms with Gasteiger partial charge in [0.1, 0.15) is 11.8 Å². The number of hydrogen-bond donors (Lipinski definition) is 2. The lowest BCUT2D eigenvalue weighted by Crippen LogP contribution is -2.31. The van der Waals surface area contributed by atoms with Gasteiger partial charge in [0, 0.05) is 24.6 Å². The van der Waals surface area contributed by atoms with E-state index < -0.39 is 18.0 Å². The fourth-order valence-corrected chi connectivity index (χ4v) is 3.55. The van der Waals surface area contributed by atoms with Gasteiger partial charge in [-0.2, -0.15) is 5.10 Å². The van der Waals surface area contributed by atoms with E-state index in [-0.39, 0.29) is 31.3 Å². The molecule has 0 unspecified atom stereocenters. The summed E-state index contributed by atoms with van der Waals surface area (Å²) in [5.41, 5.74) is 6.98. The van der Waals surface area contributed by atoms with Crippen molar-refractivity contribution >= 4 is 17.8 Å². The summed E-state index contributed by atoms with van der Waals surface area (Å²) >= 11 is 0. The Kier molecular flexibility index (Phi) is 6.31. The molecular weight excluding hydrogens is 372 g/mol. The van der Waals surface area contributed by atoms with E-state index in [1.165, 1.54) is 0 Å². The Bertz CT molecular complexity index is 878. The van der Waals surface area contributed by atoms with Crippen molar-refractivity contribution in [2.75, 3.05) is 13.1 Å². The van der Waals surface area contributed by atoms with Crippen LogP contribution in [0.15, 0.2) is 36.4 Å². The van der Waals surface area contributed by atoms with E-state index in [9.17, 15) is 14.4 Å². The highest BCUT2D eigenvalue weighted by atomic mass is 16.5. The molecule has 0 saturated carbocycles. The van der Waals surface area contributed by atoms with Gasteiger partial charge in [0.05, 0.1) is 12.1 Å². The molecule has 8 nitrogen and oxygen atoms in total. The van der Waals surface area contributed by atoms with Crippen molar-refractivity contribution < 1.29 is 19.1 Å². The van der Waals surface area contributed by atoms with E-state index in [4.69, 9.17) is 10.5 Å². The molecule has 29 heavy (non-hydrogen) atoms. The topological polar surface area (TPSA) is 118 Å². The smallest absolute Gasteiger partial charge is 0.338 e. The molecule has 1 aromatic carbocycles. The molecule has 3 rings (SSSR count). The van der Waals surface area contributed by atoms with Crippen LogP contribution in [-0.2, 0) is 16.0 Å². The number of primary amides is 1. The van der Waals surface area contributed by atoms with E-state index in [1.54, 1.807) is 41.3 Å². The first-order chi connectivity index (χ1) is 13.8. The van der Waals surface area contributed by atoms with E-state index in [2.05, 4.69) is 24.0 Å². The highest BCUT2D eigenvalue weighted by Crippen LogP contribution is 2.25. The van der Waals surface area contributed by atoms with Gasteiger partial charge in [-0.25, -0.2) is 4.79 Å². The van der Waals surface area contributed by atoms with Crippen LogP contribution in [0.25, 0.3) is 0 Å². The molecule has 2 atom stereocenters. The number of aromatic nitrogens is 2. The largest absolute Gasteiger partial charge is 0.457 e. The molecule has 154 valence electrons. The lowest BCUT2D eigenvalue weighted by molar-refractivity contribution is -0.119. The van der Waals surface area contributed by atoms with Crippen LogP contribution in [0.5, 0.6) is 0 Å². The molecule has 2 heterocycles. The number of H-pyrrole nitrogens is 1. The van der Waals surface area contributed by atoms with Crippen LogP contribution in [-0.4, -0.2) is 52.1 Å². The molecule has 0 spiro atoms. The van der Waals surface area contributed by atoms with Gasteiger partial charge in [0.25, 0.3) is 5.91 Å². The molecule has 1 aliphatic heterocycles. The summed E-state index contributed by atoms with van der Waals surface area (Å²) in [4.78, 5) is 38.3. The second kappa shape index (κ2) is 8.89. The Hall–Kier alpha value is -3.16. The van der Waals surface area contributed by atoms with Gasteiger partial charge < -0.3 is 15.4 Å². The van der Waals surface area contributed by atoms with E-state index in [1.807, 2.05) is 0 Å². The number of likely N-dealkylation sites (tertiary alicyclic amines) is 1. The van der Waals surface area contributed by atoms with Gasteiger partial charge >= 0.3 is 5.97 Å². The molecule has 1 saturated heterocycles. The number of nitrogens with one attached hydrogen (secondary N) is 1. The number of esters is 1. The summed E-state index contributed by atoms with van der Waals surface area (Å²) in [6, 6.07) is 10.4. The SMILES string of the molecule is CC(C)Cc1cc(C(=O)N2C[C@H](CC(N)=O)[C@H](OC(=O)c3ccccc3)C2)n[nH]1. The fraction of sp³-hybridized carbons (Fsp3) is 0.429. The van der Waals surface area contributed by atoms with Crippen LogP contribution in [0.3, 0.4) is 0 Å². The normalized spacial score (nSPS) is 18.8. The first-order valence-electron chi connectivity index (χ1n) is 9.71. The maximum Gasteiger partial charge on any atom is 0.338 e. The van der Waals surface area contributed by atoms with E-state index in [0.717, 1.165) is 12.1 Å². The zero-order valence-electron chi connectivity index (χ0n) is 16.6. The number of carbonyl (C=O) groups is 3. The Morgan fingerprint density at radius 1 is 1.24 bits per heavy atom. The molecule has 0 radical (unpaired) electrons. The van der Waals surface area contributed by atoms with Crippen molar-refractivity contribution in [1.82, 2.24) is 15.1 Å². The number of rotatable bonds is 7. The molecule has 3 N–H and O–H groups in total. The molecule has 1 aromatic heterocycles. The van der Waals surface area contributed by atoms with Gasteiger partial charge in [0.2, 0.25) is 5.91 Å². The average molecular weight is 398 g/mol. The second-order valence-corrected chi connectivity index (χ2v) is 7.83. The van der Waals surface area contributed by atoms with Gasteiger partial charge in [-0.1, -0.05) is 32.0 Å². The predicted molar refractivity (Wildman–Crippen MR) is 106 cm³/mol. The van der Waals surface area contributed by atoms with Crippen molar-refractivity contribution in [2.45, 2.75) is 32.8 Å². The van der Waals surface area contributed by atoms with Crippen molar-refractivity contribution in [3.05, 3.63) is 53.3 Å². The highest BCUT2D eigenvalue weighted by Gasteiger charge is 2.39. The second-order valence-electron chi connectivity index (χ2n) is 7.83. The minimum absolute atomic E-state index is 0.0374. The maximum absolute atomic E-state index is 12.9. The van der Waals surface area contributed by atoms with E-state index >= 15 is 0 Å². The van der Waals surface area contributed by atoms with Crippen LogP contribution in [0.1, 0.15) is 46.8 Å². The van der Waals surface area contributed by atoms with Crippen LogP contribution in [0, 0.1) is 11.8 Å². The first kappa shape index (κ1) is 20.6. The standard InChI is InChI=1S/C21H26N4O4/c1-13(2)8-16-10-17(24-23-16)20(27)25-11-15(9-19(22)26)18(12-25)29-21(28)14-6-4-3-5-7-14/h3-7,10,13,15,18H,8-9,11-12H2,1-2H3,(H2,22,26)(H,23,24)/t15-,18+/m0/s1. The number of ether oxygens (including phenoxy) is 1. The third-order valence-electron chi connectivity index (χ3n) is 4.88. The Morgan fingerprint density at radius 2 is 1.97 bits per heavy atom. The van der Waals surface area contributed by atoms with Crippen molar-refractivity contribution in [1.29, 1.82) is 0 Å². The summed E-state index contributed by atoms with van der Waals surface area (Å²) in [5.74, 6) is -1.16. The minimum atomic E-state index is -0.603. The summed E-state index contributed by atoms with van der Waals surface area (Å²) in [6.45, 7) is 4.65. The summed E-state index contributed by atoms with van der Waals surface area (Å²) < 4.78 is 5.62. The molecule has 1 aliphatic rings. The molecule has 2 amide bonds. The third-order valence-corrected chi connectivity index (χ3v) is 4.88. The molecule has 8 heteroatoms. The van der Waals surface area contributed by atoms with Crippen molar-refractivity contribution in [2.24, 2.45) is 17.6 Å². The molecule has 2 aromatic rings. The third kappa shape index (κ3) is 5.22. The minimum Gasteiger partial charge on any atom is -0.457 e. The lowest BCUT2D eigenvalue weighted by Gasteiger charge is -2.17. The van der Waals surface area contributed by atoms with Crippen LogP contribution >= 0.6 is 0 Å². The Labute approximate surface area is 169 Å². The molecular formula is C21H26N4O4. The van der Waals surface area contributed by atoms with Gasteiger partial charge in [0.15, 0.2) is 0 Å². The quantitative estimate of drug-likeness (QED) is 0.689. The van der Waals surface area contributed by atoms with Crippen molar-refractivity contribution in [3.8, 4) is 0 Å². The monoisotopic (exact) mass is 398 g/mol. The summed E-state index contributed by atoms with van der Waals surface area (Å²) in [5, 5.41) is 7.01. The zero-order chi connectivity index (χ0) is 21.0. The van der Waals surface area contributed by atoms with Crippen molar-refractivity contribution in [3.63, 3.8) is 0 Å². The number of hydrogen-bond acceptors (Lipinski definition) is 5. The summed E-state index contributed by atoms with van der Waals surface area (Å²) in [7, 11) is 0. The molecule has 0 aliphatic carbocycles. The van der Waals surface area contributed by atoms with Gasteiger partial charge in [-0.05, 0) is 30.5 Å². The Balaban J connectivity index is 1.71. The molecule has 0 bridgehead atoms. The highest BCUT2D eigenvalue weighted by molar-refractivity contribution is 5.93. The van der Waals surface area contributed by atoms with Crippen LogP contribution in [0.2, 0.25) is 0 Å². The summed E-state index contributed by atoms with van der Waals surface area (Å²) in [6.07, 6.45) is 0.227. The number of amides is 2. The maximum atomic E-state index is 12.9. The number of benzene rings is 1. The number of carbonyl (C=O) groups excluding carboxylic acids is 3. The first-order valence-corrected chi connectivity index (χ1v) is 9.71. The lowest BCUT2D eigenvalue weighted by atomic mass is 10.0. The number of aromatic amines is 1. The predicted octanol–water partition coefficient (Wildman–Crippen LogP) is 1.78. The molecule has 1 fully saturated rings. The number of nitrogens with two attached hydrogens (primary N) is 1. The van der Waals surface area contributed by atoms with Gasteiger partial charge in [-0.3, -0.25) is 14.7 Å². The van der Waals surface area contributed by atoms with E-state index in [0.29, 0.717) is 17.2 Å². The Morgan fingerprint density at radius 3 is 2.62 bits per heavy atom. The number of nitrogens with zero attached hydrogens (tertiary/aromatic N) is 2. The van der Waals surface area contributed by atoms with Crippen LogP contribution in [0.4, 0.5) is 0 Å². The zero-order valence-corrected chi connectivity index (χ0v) is 16.6. The average Bonchev–Trinajstić information content (AvgIpc) is 3.28.